The van der Waals surface area contributed by atoms with Gasteiger partial charge in [0, 0.05) is 10.0 Å². The lowest BCUT2D eigenvalue weighted by molar-refractivity contribution is 0.794. The van der Waals surface area contributed by atoms with Gasteiger partial charge in [-0.2, -0.15) is 0 Å². The van der Waals surface area contributed by atoms with E-state index in [-0.39, 0.29) is 5.41 Å². The number of benzene rings is 5. The third-order valence-corrected chi connectivity index (χ3v) is 7.63. The van der Waals surface area contributed by atoms with Gasteiger partial charge in [-0.1, -0.05) is 108 Å². The Morgan fingerprint density at radius 2 is 0.848 bits per heavy atom. The first-order valence-electron chi connectivity index (χ1n) is 11.1. The van der Waals surface area contributed by atoms with Crippen molar-refractivity contribution in [1.29, 1.82) is 0 Å². The zero-order valence-corrected chi connectivity index (χ0v) is 19.2. The second kappa shape index (κ2) is 6.84. The van der Waals surface area contributed by atoms with Crippen LogP contribution in [-0.4, -0.2) is 0 Å². The summed E-state index contributed by atoms with van der Waals surface area (Å²) in [6.07, 6.45) is 0. The van der Waals surface area contributed by atoms with E-state index in [1.165, 1.54) is 44.5 Å². The molecule has 0 fully saturated rings. The zero-order chi connectivity index (χ0) is 22.2. The predicted molar refractivity (Wildman–Crippen MR) is 138 cm³/mol. The van der Waals surface area contributed by atoms with Crippen molar-refractivity contribution >= 4 is 23.2 Å². The summed E-state index contributed by atoms with van der Waals surface area (Å²) in [6.45, 7) is 0. The summed E-state index contributed by atoms with van der Waals surface area (Å²) in [5.41, 5.74) is 12.4. The van der Waals surface area contributed by atoms with E-state index in [4.69, 9.17) is 23.2 Å². The van der Waals surface area contributed by atoms with Crippen LogP contribution >= 0.6 is 23.2 Å². The largest absolute Gasteiger partial charge is 0.0843 e. The molecule has 33 heavy (non-hydrogen) atoms. The molecule has 0 atom stereocenters. The van der Waals surface area contributed by atoms with E-state index in [0.29, 0.717) is 10.0 Å². The Kier molecular flexibility index (Phi) is 3.97. The maximum absolute atomic E-state index is 6.36. The quantitative estimate of drug-likeness (QED) is 0.229. The van der Waals surface area contributed by atoms with Crippen molar-refractivity contribution in [2.45, 2.75) is 5.41 Å². The molecule has 5 aromatic carbocycles. The number of rotatable bonds is 1. The maximum atomic E-state index is 6.36. The Labute approximate surface area is 203 Å². The third kappa shape index (κ3) is 2.48. The molecule has 0 amide bonds. The molecule has 5 aromatic rings. The Hall–Kier alpha value is -3.32. The number of fused-ring (bicyclic) bond motifs is 10. The standard InChI is InChI=1S/C31H18Cl2/c32-21-15-20(16-22(33)18-21)19-13-14-26-25-9-3-6-12-29(25)31(30(26)17-19)27-10-4-1-7-23(27)24-8-2-5-11-28(24)31/h1-18H. The van der Waals surface area contributed by atoms with Crippen molar-refractivity contribution in [3.63, 3.8) is 0 Å². The summed E-state index contributed by atoms with van der Waals surface area (Å²) in [6, 6.07) is 39.1. The van der Waals surface area contributed by atoms with E-state index in [9.17, 15) is 0 Å². The number of hydrogen-bond acceptors (Lipinski definition) is 0. The normalized spacial score (nSPS) is 14.0. The fraction of sp³-hybridized carbons (Fsp3) is 0.0323. The molecule has 2 aliphatic rings. The summed E-state index contributed by atoms with van der Waals surface area (Å²) in [5.74, 6) is 0. The second-order valence-corrected chi connectivity index (χ2v) is 9.68. The van der Waals surface area contributed by atoms with E-state index in [1.54, 1.807) is 6.07 Å². The molecule has 0 aliphatic heterocycles. The van der Waals surface area contributed by atoms with Gasteiger partial charge in [-0.3, -0.25) is 0 Å². The van der Waals surface area contributed by atoms with E-state index in [0.717, 1.165) is 11.1 Å². The Morgan fingerprint density at radius 3 is 1.36 bits per heavy atom. The average molecular weight is 461 g/mol. The van der Waals surface area contributed by atoms with Crippen LogP contribution < -0.4 is 0 Å². The molecule has 7 rings (SSSR count). The van der Waals surface area contributed by atoms with Crippen molar-refractivity contribution in [2.75, 3.05) is 0 Å². The first kappa shape index (κ1) is 19.2. The topological polar surface area (TPSA) is 0 Å². The zero-order valence-electron chi connectivity index (χ0n) is 17.6. The molecule has 156 valence electrons. The Bertz CT molecular complexity index is 1510. The van der Waals surface area contributed by atoms with E-state index in [1.807, 2.05) is 12.1 Å². The van der Waals surface area contributed by atoms with Gasteiger partial charge in [0.1, 0.15) is 0 Å². The monoisotopic (exact) mass is 460 g/mol. The predicted octanol–water partition coefficient (Wildman–Crippen LogP) is 9.00. The molecule has 0 saturated carbocycles. The summed E-state index contributed by atoms with van der Waals surface area (Å²) < 4.78 is 0. The minimum Gasteiger partial charge on any atom is -0.0843 e. The lowest BCUT2D eigenvalue weighted by Crippen LogP contribution is -2.25. The number of halogens is 2. The molecule has 0 aromatic heterocycles. The molecule has 2 aliphatic carbocycles. The van der Waals surface area contributed by atoms with Crippen molar-refractivity contribution in [2.24, 2.45) is 0 Å². The van der Waals surface area contributed by atoms with Gasteiger partial charge in [0.25, 0.3) is 0 Å². The molecule has 0 radical (unpaired) electrons. The van der Waals surface area contributed by atoms with Gasteiger partial charge in [0.15, 0.2) is 0 Å². The van der Waals surface area contributed by atoms with Crippen LogP contribution in [-0.2, 0) is 5.41 Å². The van der Waals surface area contributed by atoms with E-state index < -0.39 is 0 Å². The van der Waals surface area contributed by atoms with Crippen molar-refractivity contribution in [1.82, 2.24) is 0 Å². The Morgan fingerprint density at radius 1 is 0.394 bits per heavy atom. The molecule has 0 bridgehead atoms. The summed E-state index contributed by atoms with van der Waals surface area (Å²) in [5, 5.41) is 1.29. The number of hydrogen-bond donors (Lipinski definition) is 0. The summed E-state index contributed by atoms with van der Waals surface area (Å²) in [4.78, 5) is 0. The van der Waals surface area contributed by atoms with Gasteiger partial charge in [-0.05, 0) is 79.9 Å². The van der Waals surface area contributed by atoms with Gasteiger partial charge >= 0.3 is 0 Å². The van der Waals surface area contributed by atoms with Crippen molar-refractivity contribution in [3.05, 3.63) is 141 Å². The highest BCUT2D eigenvalue weighted by Crippen LogP contribution is 2.62. The van der Waals surface area contributed by atoms with Crippen LogP contribution in [0.5, 0.6) is 0 Å². The highest BCUT2D eigenvalue weighted by molar-refractivity contribution is 6.35. The SMILES string of the molecule is Clc1cc(Cl)cc(-c2ccc3c(c2)C2(c4ccccc4-c4ccccc42)c2ccccc2-3)c1. The maximum Gasteiger partial charge on any atom is 0.0725 e. The average Bonchev–Trinajstić information content (AvgIpc) is 3.31. The lowest BCUT2D eigenvalue weighted by Gasteiger charge is -2.30. The van der Waals surface area contributed by atoms with Gasteiger partial charge in [0.2, 0.25) is 0 Å². The first-order valence-corrected chi connectivity index (χ1v) is 11.8. The molecule has 2 heteroatoms. The first-order chi connectivity index (χ1) is 16.2. The van der Waals surface area contributed by atoms with Crippen LogP contribution in [0.25, 0.3) is 33.4 Å². The smallest absolute Gasteiger partial charge is 0.0725 e. The van der Waals surface area contributed by atoms with Crippen molar-refractivity contribution < 1.29 is 0 Å². The van der Waals surface area contributed by atoms with Crippen molar-refractivity contribution in [3.8, 4) is 33.4 Å². The summed E-state index contributed by atoms with van der Waals surface area (Å²) in [7, 11) is 0. The highest BCUT2D eigenvalue weighted by atomic mass is 35.5. The van der Waals surface area contributed by atoms with Crippen LogP contribution in [0.15, 0.2) is 109 Å². The lowest BCUT2D eigenvalue weighted by atomic mass is 9.70. The van der Waals surface area contributed by atoms with E-state index >= 15 is 0 Å². The second-order valence-electron chi connectivity index (χ2n) is 8.81. The van der Waals surface area contributed by atoms with Crippen LogP contribution in [0.3, 0.4) is 0 Å². The third-order valence-electron chi connectivity index (χ3n) is 7.19. The molecule has 0 saturated heterocycles. The van der Waals surface area contributed by atoms with E-state index in [2.05, 4.69) is 91.0 Å². The van der Waals surface area contributed by atoms with Crippen LogP contribution in [0.1, 0.15) is 22.3 Å². The van der Waals surface area contributed by atoms with Gasteiger partial charge in [-0.15, -0.1) is 0 Å². The van der Waals surface area contributed by atoms with Gasteiger partial charge in [-0.25, -0.2) is 0 Å². The molecule has 0 nitrogen and oxygen atoms in total. The molecular formula is C31H18Cl2. The van der Waals surface area contributed by atoms with Gasteiger partial charge < -0.3 is 0 Å². The van der Waals surface area contributed by atoms with Crippen LogP contribution in [0, 0.1) is 0 Å². The Balaban J connectivity index is 1.61. The molecule has 1 spiro atoms. The molecule has 0 heterocycles. The van der Waals surface area contributed by atoms with Crippen LogP contribution in [0.2, 0.25) is 10.0 Å². The van der Waals surface area contributed by atoms with Crippen LogP contribution in [0.4, 0.5) is 0 Å². The minimum atomic E-state index is -0.336. The fourth-order valence-corrected chi connectivity index (χ4v) is 6.52. The highest BCUT2D eigenvalue weighted by Gasteiger charge is 2.51. The molecular weight excluding hydrogens is 443 g/mol. The summed E-state index contributed by atoms with van der Waals surface area (Å²) >= 11 is 12.7. The van der Waals surface area contributed by atoms with Gasteiger partial charge in [0.05, 0.1) is 5.41 Å². The molecule has 0 N–H and O–H groups in total. The fourth-order valence-electron chi connectivity index (χ4n) is 5.99. The molecule has 0 unspecified atom stereocenters. The minimum absolute atomic E-state index is 0.336.